The van der Waals surface area contributed by atoms with Gasteiger partial charge < -0.3 is 0 Å². The highest BCUT2D eigenvalue weighted by atomic mass is 79.9. The van der Waals surface area contributed by atoms with Gasteiger partial charge in [0.15, 0.2) is 0 Å². The van der Waals surface area contributed by atoms with Crippen molar-refractivity contribution in [3.63, 3.8) is 0 Å². The molecule has 0 amide bonds. The zero-order valence-corrected chi connectivity index (χ0v) is 9.93. The molecule has 0 saturated heterocycles. The molecule has 1 aromatic rings. The van der Waals surface area contributed by atoms with Crippen LogP contribution in [-0.2, 0) is 6.42 Å². The third-order valence-electron chi connectivity index (χ3n) is 2.86. The lowest BCUT2D eigenvalue weighted by Gasteiger charge is -2.15. The lowest BCUT2D eigenvalue weighted by atomic mass is 10.0. The number of nitrogens with one attached hydrogen (secondary N) is 1. The van der Waals surface area contributed by atoms with E-state index in [4.69, 9.17) is 5.84 Å². The van der Waals surface area contributed by atoms with Crippen LogP contribution in [0.25, 0.3) is 0 Å². The maximum atomic E-state index is 13.5. The van der Waals surface area contributed by atoms with Crippen molar-refractivity contribution in [1.82, 2.24) is 5.43 Å². The molecule has 0 bridgehead atoms. The average molecular weight is 273 g/mol. The molecule has 1 fully saturated rings. The van der Waals surface area contributed by atoms with Crippen molar-refractivity contribution in [1.29, 1.82) is 0 Å². The third-order valence-corrected chi connectivity index (χ3v) is 3.35. The van der Waals surface area contributed by atoms with Gasteiger partial charge in [-0.15, -0.1) is 0 Å². The van der Waals surface area contributed by atoms with Gasteiger partial charge >= 0.3 is 0 Å². The zero-order valence-electron chi connectivity index (χ0n) is 8.34. The summed E-state index contributed by atoms with van der Waals surface area (Å²) in [5.74, 6) is 5.92. The van der Waals surface area contributed by atoms with Crippen LogP contribution in [0.15, 0.2) is 22.7 Å². The van der Waals surface area contributed by atoms with E-state index in [1.54, 1.807) is 0 Å². The van der Waals surface area contributed by atoms with Crippen molar-refractivity contribution in [3.05, 3.63) is 34.1 Å². The molecule has 1 aliphatic carbocycles. The van der Waals surface area contributed by atoms with Crippen molar-refractivity contribution in [3.8, 4) is 0 Å². The Kier molecular flexibility index (Phi) is 3.38. The molecule has 0 heterocycles. The van der Waals surface area contributed by atoms with E-state index in [-0.39, 0.29) is 11.9 Å². The van der Waals surface area contributed by atoms with E-state index in [0.717, 1.165) is 10.0 Å². The van der Waals surface area contributed by atoms with Gasteiger partial charge in [0.25, 0.3) is 0 Å². The molecule has 0 spiro atoms. The number of halogens is 2. The Balaban J connectivity index is 2.08. The molecule has 1 aliphatic rings. The van der Waals surface area contributed by atoms with Crippen molar-refractivity contribution >= 4 is 15.9 Å². The second-order valence-electron chi connectivity index (χ2n) is 4.05. The Hall–Kier alpha value is -0.450. The first-order valence-corrected chi connectivity index (χ1v) is 5.90. The standard InChI is InChI=1S/C11H14BrFN2/c12-9-4-3-8(10(13)6-9)5-11(15-14)7-1-2-7/h3-4,6-7,11,15H,1-2,5,14H2. The van der Waals surface area contributed by atoms with Crippen molar-refractivity contribution in [2.24, 2.45) is 11.8 Å². The van der Waals surface area contributed by atoms with E-state index in [2.05, 4.69) is 21.4 Å². The molecule has 2 rings (SSSR count). The smallest absolute Gasteiger partial charge is 0.127 e. The molecule has 1 aromatic carbocycles. The van der Waals surface area contributed by atoms with Crippen LogP contribution in [0, 0.1) is 11.7 Å². The number of nitrogens with two attached hydrogens (primary N) is 1. The van der Waals surface area contributed by atoms with Crippen molar-refractivity contribution in [2.75, 3.05) is 0 Å². The Labute approximate surface area is 97.1 Å². The van der Waals surface area contributed by atoms with E-state index < -0.39 is 0 Å². The summed E-state index contributed by atoms with van der Waals surface area (Å²) in [6.45, 7) is 0. The predicted molar refractivity (Wildman–Crippen MR) is 61.6 cm³/mol. The first-order chi connectivity index (χ1) is 7.20. The van der Waals surface area contributed by atoms with Gasteiger partial charge in [0.1, 0.15) is 5.82 Å². The van der Waals surface area contributed by atoms with Crippen LogP contribution < -0.4 is 11.3 Å². The third kappa shape index (κ3) is 2.77. The fourth-order valence-electron chi connectivity index (χ4n) is 1.78. The van der Waals surface area contributed by atoms with Crippen molar-refractivity contribution in [2.45, 2.75) is 25.3 Å². The van der Waals surface area contributed by atoms with E-state index in [1.807, 2.05) is 12.1 Å². The van der Waals surface area contributed by atoms with Gasteiger partial charge in [-0.3, -0.25) is 11.3 Å². The number of hydrazine groups is 1. The van der Waals surface area contributed by atoms with Gasteiger partial charge in [0.05, 0.1) is 0 Å². The van der Waals surface area contributed by atoms with Gasteiger partial charge in [-0.25, -0.2) is 4.39 Å². The summed E-state index contributed by atoms with van der Waals surface area (Å²) in [5.41, 5.74) is 3.51. The molecule has 1 unspecified atom stereocenters. The highest BCUT2D eigenvalue weighted by Gasteiger charge is 2.30. The summed E-state index contributed by atoms with van der Waals surface area (Å²) in [6, 6.07) is 5.38. The maximum Gasteiger partial charge on any atom is 0.127 e. The second-order valence-corrected chi connectivity index (χ2v) is 4.97. The van der Waals surface area contributed by atoms with Gasteiger partial charge in [0, 0.05) is 10.5 Å². The maximum absolute atomic E-state index is 13.5. The fourth-order valence-corrected chi connectivity index (χ4v) is 2.12. The van der Waals surface area contributed by atoms with E-state index >= 15 is 0 Å². The van der Waals surface area contributed by atoms with Crippen LogP contribution in [0.4, 0.5) is 4.39 Å². The molecule has 82 valence electrons. The van der Waals surface area contributed by atoms with Crippen LogP contribution in [0.3, 0.4) is 0 Å². The topological polar surface area (TPSA) is 38.0 Å². The summed E-state index contributed by atoms with van der Waals surface area (Å²) < 4.78 is 14.3. The van der Waals surface area contributed by atoms with E-state index in [0.29, 0.717) is 12.3 Å². The molecule has 0 radical (unpaired) electrons. The van der Waals surface area contributed by atoms with Gasteiger partial charge in [-0.2, -0.15) is 0 Å². The predicted octanol–water partition coefficient (Wildman–Crippen LogP) is 2.37. The summed E-state index contributed by atoms with van der Waals surface area (Å²) in [5, 5.41) is 0. The SMILES string of the molecule is NNC(Cc1ccc(Br)cc1F)C1CC1. The summed E-state index contributed by atoms with van der Waals surface area (Å²) in [7, 11) is 0. The minimum Gasteiger partial charge on any atom is -0.271 e. The molecule has 1 saturated carbocycles. The van der Waals surface area contributed by atoms with Crippen LogP contribution in [-0.4, -0.2) is 6.04 Å². The summed E-state index contributed by atoms with van der Waals surface area (Å²) in [4.78, 5) is 0. The van der Waals surface area contributed by atoms with Gasteiger partial charge in [-0.05, 0) is 42.9 Å². The van der Waals surface area contributed by atoms with Crippen LogP contribution in [0.1, 0.15) is 18.4 Å². The summed E-state index contributed by atoms with van der Waals surface area (Å²) >= 11 is 3.24. The first kappa shape index (κ1) is 11.0. The van der Waals surface area contributed by atoms with Crippen molar-refractivity contribution < 1.29 is 4.39 Å². The monoisotopic (exact) mass is 272 g/mol. The molecule has 3 N–H and O–H groups in total. The molecule has 15 heavy (non-hydrogen) atoms. The van der Waals surface area contributed by atoms with Crippen LogP contribution in [0.5, 0.6) is 0 Å². The number of hydrogen-bond donors (Lipinski definition) is 2. The molecule has 0 aliphatic heterocycles. The quantitative estimate of drug-likeness (QED) is 0.653. The van der Waals surface area contributed by atoms with Crippen LogP contribution in [0.2, 0.25) is 0 Å². The molecule has 2 nitrogen and oxygen atoms in total. The number of rotatable bonds is 4. The Morgan fingerprint density at radius 2 is 2.27 bits per heavy atom. The largest absolute Gasteiger partial charge is 0.271 e. The van der Waals surface area contributed by atoms with Crippen LogP contribution >= 0.6 is 15.9 Å². The average Bonchev–Trinajstić information content (AvgIpc) is 3.00. The lowest BCUT2D eigenvalue weighted by Crippen LogP contribution is -2.38. The lowest BCUT2D eigenvalue weighted by molar-refractivity contribution is 0.462. The highest BCUT2D eigenvalue weighted by Crippen LogP contribution is 2.34. The second kappa shape index (κ2) is 4.60. The summed E-state index contributed by atoms with van der Waals surface area (Å²) in [6.07, 6.45) is 3.07. The van der Waals surface area contributed by atoms with Gasteiger partial charge in [-0.1, -0.05) is 22.0 Å². The normalized spacial score (nSPS) is 17.8. The number of hydrogen-bond acceptors (Lipinski definition) is 2. The minimum atomic E-state index is -0.162. The molecular weight excluding hydrogens is 259 g/mol. The molecular formula is C11H14BrFN2. The molecule has 4 heteroatoms. The minimum absolute atomic E-state index is 0.162. The van der Waals surface area contributed by atoms with Gasteiger partial charge in [0.2, 0.25) is 0 Å². The Bertz CT molecular complexity index is 352. The van der Waals surface area contributed by atoms with E-state index in [9.17, 15) is 4.39 Å². The van der Waals surface area contributed by atoms with E-state index in [1.165, 1.54) is 18.9 Å². The zero-order chi connectivity index (χ0) is 10.8. The highest BCUT2D eigenvalue weighted by molar-refractivity contribution is 9.10. The Morgan fingerprint density at radius 1 is 1.53 bits per heavy atom. The first-order valence-electron chi connectivity index (χ1n) is 5.10. The fraction of sp³-hybridized carbons (Fsp3) is 0.455. The molecule has 0 aromatic heterocycles. The Morgan fingerprint density at radius 3 is 2.80 bits per heavy atom. The molecule has 1 atom stereocenters. The number of benzene rings is 1.